The third-order valence-corrected chi connectivity index (χ3v) is 5.06. The minimum atomic E-state index is 0.716. The zero-order valence-electron chi connectivity index (χ0n) is 16.2. The van der Waals surface area contributed by atoms with Crippen molar-refractivity contribution in [3.63, 3.8) is 0 Å². The fourth-order valence-electron chi connectivity index (χ4n) is 3.72. The van der Waals surface area contributed by atoms with Crippen LogP contribution in [0.2, 0.25) is 0 Å². The number of nitrogens with zero attached hydrogens (tertiary/aromatic N) is 3. The second-order valence-electron chi connectivity index (χ2n) is 7.80. The van der Waals surface area contributed by atoms with Gasteiger partial charge in [0.2, 0.25) is 0 Å². The van der Waals surface area contributed by atoms with E-state index in [1.54, 1.807) is 0 Å². The minimum absolute atomic E-state index is 0.716. The molecule has 0 saturated carbocycles. The lowest BCUT2D eigenvalue weighted by atomic mass is 9.99. The molecule has 2 aromatic carbocycles. The summed E-state index contributed by atoms with van der Waals surface area (Å²) < 4.78 is 0. The Hall–Kier alpha value is -2.31. The van der Waals surface area contributed by atoms with Crippen LogP contribution in [-0.4, -0.2) is 37.6 Å². The van der Waals surface area contributed by atoms with Crippen LogP contribution in [0, 0.1) is 24.2 Å². The highest BCUT2D eigenvalue weighted by Gasteiger charge is 2.20. The zero-order chi connectivity index (χ0) is 18.5. The number of rotatable bonds is 5. The first-order chi connectivity index (χ1) is 12.5. The van der Waals surface area contributed by atoms with Gasteiger partial charge in [0.05, 0.1) is 11.6 Å². The van der Waals surface area contributed by atoms with Crippen molar-refractivity contribution < 1.29 is 0 Å². The fourth-order valence-corrected chi connectivity index (χ4v) is 3.72. The number of benzene rings is 2. The first kappa shape index (κ1) is 18.5. The van der Waals surface area contributed by atoms with E-state index in [4.69, 9.17) is 0 Å². The second kappa shape index (κ2) is 8.38. The van der Waals surface area contributed by atoms with E-state index in [1.807, 2.05) is 6.07 Å². The first-order valence-electron chi connectivity index (χ1n) is 9.61. The monoisotopic (exact) mass is 347 g/mol. The number of hydrogen-bond donors (Lipinski definition) is 0. The molecule has 0 amide bonds. The summed E-state index contributed by atoms with van der Waals surface area (Å²) in [5, 5.41) is 9.31. The number of nitriles is 1. The van der Waals surface area contributed by atoms with Gasteiger partial charge in [-0.1, -0.05) is 43.7 Å². The third-order valence-electron chi connectivity index (χ3n) is 5.06. The quantitative estimate of drug-likeness (QED) is 0.810. The van der Waals surface area contributed by atoms with Gasteiger partial charge in [-0.3, -0.25) is 4.90 Å². The van der Waals surface area contributed by atoms with Crippen molar-refractivity contribution in [2.24, 2.45) is 5.92 Å². The van der Waals surface area contributed by atoms with Gasteiger partial charge >= 0.3 is 0 Å². The average Bonchev–Trinajstić information content (AvgIpc) is 2.64. The van der Waals surface area contributed by atoms with Crippen LogP contribution in [0.4, 0.5) is 5.69 Å². The predicted molar refractivity (Wildman–Crippen MR) is 109 cm³/mol. The lowest BCUT2D eigenvalue weighted by molar-refractivity contribution is 0.231. The molecule has 0 spiro atoms. The molecule has 136 valence electrons. The van der Waals surface area contributed by atoms with Gasteiger partial charge in [0.15, 0.2) is 0 Å². The summed E-state index contributed by atoms with van der Waals surface area (Å²) in [6.45, 7) is 12.2. The van der Waals surface area contributed by atoms with Crippen molar-refractivity contribution in [2.75, 3.05) is 37.6 Å². The summed E-state index contributed by atoms with van der Waals surface area (Å²) in [6, 6.07) is 17.2. The van der Waals surface area contributed by atoms with Crippen LogP contribution in [0.25, 0.3) is 0 Å². The Labute approximate surface area is 157 Å². The van der Waals surface area contributed by atoms with E-state index in [0.29, 0.717) is 5.92 Å². The molecule has 0 aromatic heterocycles. The Kier molecular flexibility index (Phi) is 5.96. The van der Waals surface area contributed by atoms with E-state index in [1.165, 1.54) is 28.9 Å². The lowest BCUT2D eigenvalue weighted by Gasteiger charge is -2.37. The van der Waals surface area contributed by atoms with E-state index >= 15 is 0 Å². The highest BCUT2D eigenvalue weighted by Crippen LogP contribution is 2.26. The van der Waals surface area contributed by atoms with Crippen LogP contribution in [-0.2, 0) is 6.42 Å². The normalized spacial score (nSPS) is 15.3. The van der Waals surface area contributed by atoms with Crippen LogP contribution < -0.4 is 4.90 Å². The molecule has 0 unspecified atom stereocenters. The SMILES string of the molecule is Cc1ccc(Cc2cc(C#N)ccc2N2CCN(CC(C)C)CC2)cc1. The van der Waals surface area contributed by atoms with Crippen LogP contribution in [0.3, 0.4) is 0 Å². The first-order valence-corrected chi connectivity index (χ1v) is 9.61. The largest absolute Gasteiger partial charge is 0.369 e. The highest BCUT2D eigenvalue weighted by molar-refractivity contribution is 5.58. The molecule has 3 heteroatoms. The molecule has 1 aliphatic rings. The molecule has 2 aromatic rings. The van der Waals surface area contributed by atoms with Gasteiger partial charge in [0.25, 0.3) is 0 Å². The smallest absolute Gasteiger partial charge is 0.0991 e. The average molecular weight is 348 g/mol. The molecular formula is C23H29N3. The molecule has 0 bridgehead atoms. The van der Waals surface area contributed by atoms with Crippen LogP contribution in [0.1, 0.15) is 36.1 Å². The van der Waals surface area contributed by atoms with Crippen LogP contribution >= 0.6 is 0 Å². The molecule has 3 nitrogen and oxygen atoms in total. The second-order valence-corrected chi connectivity index (χ2v) is 7.80. The van der Waals surface area contributed by atoms with E-state index in [0.717, 1.165) is 38.2 Å². The number of aryl methyl sites for hydroxylation is 1. The van der Waals surface area contributed by atoms with Gasteiger partial charge in [0.1, 0.15) is 0 Å². The summed E-state index contributed by atoms with van der Waals surface area (Å²) in [6.07, 6.45) is 0.872. The molecule has 26 heavy (non-hydrogen) atoms. The zero-order valence-corrected chi connectivity index (χ0v) is 16.2. The van der Waals surface area contributed by atoms with Crippen molar-refractivity contribution in [3.8, 4) is 6.07 Å². The van der Waals surface area contributed by atoms with Gasteiger partial charge in [-0.05, 0) is 48.6 Å². The van der Waals surface area contributed by atoms with Crippen molar-refractivity contribution >= 4 is 5.69 Å². The van der Waals surface area contributed by atoms with Crippen LogP contribution in [0.15, 0.2) is 42.5 Å². The summed E-state index contributed by atoms with van der Waals surface area (Å²) in [5.41, 5.74) is 5.86. The van der Waals surface area contributed by atoms with E-state index in [-0.39, 0.29) is 0 Å². The lowest BCUT2D eigenvalue weighted by Crippen LogP contribution is -2.47. The summed E-state index contributed by atoms with van der Waals surface area (Å²) in [4.78, 5) is 5.05. The predicted octanol–water partition coefficient (Wildman–Crippen LogP) is 4.24. The van der Waals surface area contributed by atoms with E-state index in [9.17, 15) is 5.26 Å². The molecule has 0 N–H and O–H groups in total. The molecule has 0 aliphatic carbocycles. The van der Waals surface area contributed by atoms with Crippen LogP contribution in [0.5, 0.6) is 0 Å². The molecule has 1 heterocycles. The Morgan fingerprint density at radius 2 is 1.69 bits per heavy atom. The van der Waals surface area contributed by atoms with E-state index in [2.05, 4.69) is 73.0 Å². The third kappa shape index (κ3) is 4.65. The summed E-state index contributed by atoms with van der Waals surface area (Å²) in [5.74, 6) is 0.716. The number of piperazine rings is 1. The molecule has 3 rings (SSSR count). The molecule has 0 atom stereocenters. The minimum Gasteiger partial charge on any atom is -0.369 e. The number of anilines is 1. The van der Waals surface area contributed by atoms with Crippen molar-refractivity contribution in [3.05, 3.63) is 64.7 Å². The Bertz CT molecular complexity index is 763. The number of hydrogen-bond acceptors (Lipinski definition) is 3. The molecule has 1 fully saturated rings. The molecule has 0 radical (unpaired) electrons. The van der Waals surface area contributed by atoms with Gasteiger partial charge in [-0.15, -0.1) is 0 Å². The van der Waals surface area contributed by atoms with E-state index < -0.39 is 0 Å². The maximum atomic E-state index is 9.31. The van der Waals surface area contributed by atoms with Crippen molar-refractivity contribution in [2.45, 2.75) is 27.2 Å². The topological polar surface area (TPSA) is 30.3 Å². The Balaban J connectivity index is 1.79. The van der Waals surface area contributed by atoms with Gasteiger partial charge < -0.3 is 4.90 Å². The Morgan fingerprint density at radius 3 is 2.31 bits per heavy atom. The molecular weight excluding hydrogens is 318 g/mol. The summed E-state index contributed by atoms with van der Waals surface area (Å²) in [7, 11) is 0. The van der Waals surface area contributed by atoms with Gasteiger partial charge in [0, 0.05) is 38.4 Å². The Morgan fingerprint density at radius 1 is 1.00 bits per heavy atom. The standard InChI is InChI=1S/C23H29N3/c1-18(2)17-25-10-12-26(13-11-25)23-9-8-21(16-24)15-22(23)14-20-6-4-19(3)5-7-20/h4-9,15,18H,10-14,17H2,1-3H3. The molecule has 1 saturated heterocycles. The highest BCUT2D eigenvalue weighted by atomic mass is 15.3. The maximum Gasteiger partial charge on any atom is 0.0991 e. The fraction of sp³-hybridized carbons (Fsp3) is 0.435. The molecule has 1 aliphatic heterocycles. The van der Waals surface area contributed by atoms with Crippen molar-refractivity contribution in [1.82, 2.24) is 4.90 Å². The summed E-state index contributed by atoms with van der Waals surface area (Å²) >= 11 is 0. The van der Waals surface area contributed by atoms with Crippen molar-refractivity contribution in [1.29, 1.82) is 5.26 Å². The van der Waals surface area contributed by atoms with Gasteiger partial charge in [-0.25, -0.2) is 0 Å². The van der Waals surface area contributed by atoms with Gasteiger partial charge in [-0.2, -0.15) is 5.26 Å². The maximum absolute atomic E-state index is 9.31.